The standard InChI is InChI=1S/C24H33NO3/c1-14(2)20-13-21(16(4)12-23(20)27-8)18(6)25-24(26)19(7)28-22-11-9-10-15(3)17(22)5/h9-14,18-19H,1-8H3,(H,25,26)/t18-,19-/m1/s1. The fourth-order valence-corrected chi connectivity index (χ4v) is 3.31. The van der Waals surface area contributed by atoms with Crippen LogP contribution in [0.15, 0.2) is 30.3 Å². The van der Waals surface area contributed by atoms with Crippen molar-refractivity contribution in [1.29, 1.82) is 0 Å². The zero-order valence-electron chi connectivity index (χ0n) is 18.3. The van der Waals surface area contributed by atoms with Crippen LogP contribution in [0.3, 0.4) is 0 Å². The molecule has 0 unspecified atom stereocenters. The topological polar surface area (TPSA) is 47.6 Å². The lowest BCUT2D eigenvalue weighted by Crippen LogP contribution is -2.38. The lowest BCUT2D eigenvalue weighted by molar-refractivity contribution is -0.127. The highest BCUT2D eigenvalue weighted by atomic mass is 16.5. The molecule has 0 saturated carbocycles. The maximum Gasteiger partial charge on any atom is 0.261 e. The highest BCUT2D eigenvalue weighted by Crippen LogP contribution is 2.32. The lowest BCUT2D eigenvalue weighted by atomic mass is 9.93. The minimum absolute atomic E-state index is 0.124. The van der Waals surface area contributed by atoms with E-state index in [0.717, 1.165) is 39.3 Å². The van der Waals surface area contributed by atoms with Gasteiger partial charge in [-0.1, -0.05) is 26.0 Å². The SMILES string of the molecule is COc1cc(C)c([C@@H](C)NC(=O)[C@@H](C)Oc2cccc(C)c2C)cc1C(C)C. The third-order valence-corrected chi connectivity index (χ3v) is 5.29. The number of ether oxygens (including phenoxy) is 2. The maximum atomic E-state index is 12.7. The number of nitrogens with one attached hydrogen (secondary N) is 1. The molecule has 2 rings (SSSR count). The molecule has 2 aromatic carbocycles. The van der Waals surface area contributed by atoms with Crippen LogP contribution in [0.5, 0.6) is 11.5 Å². The van der Waals surface area contributed by atoms with Gasteiger partial charge in [-0.3, -0.25) is 4.79 Å². The second-order valence-corrected chi connectivity index (χ2v) is 7.79. The van der Waals surface area contributed by atoms with Crippen molar-refractivity contribution in [3.8, 4) is 11.5 Å². The molecule has 0 fully saturated rings. The van der Waals surface area contributed by atoms with Gasteiger partial charge in [-0.25, -0.2) is 0 Å². The summed E-state index contributed by atoms with van der Waals surface area (Å²) in [6.45, 7) is 14.1. The molecule has 0 saturated heterocycles. The van der Waals surface area contributed by atoms with Gasteiger partial charge in [-0.05, 0) is 86.6 Å². The molecule has 4 heteroatoms. The van der Waals surface area contributed by atoms with Gasteiger partial charge in [-0.2, -0.15) is 0 Å². The monoisotopic (exact) mass is 383 g/mol. The Kier molecular flexibility index (Phi) is 7.11. The van der Waals surface area contributed by atoms with Crippen LogP contribution in [-0.2, 0) is 4.79 Å². The van der Waals surface area contributed by atoms with Crippen molar-refractivity contribution in [1.82, 2.24) is 5.32 Å². The van der Waals surface area contributed by atoms with Gasteiger partial charge in [0, 0.05) is 0 Å². The molecule has 0 aliphatic carbocycles. The van der Waals surface area contributed by atoms with Gasteiger partial charge >= 0.3 is 0 Å². The summed E-state index contributed by atoms with van der Waals surface area (Å²) in [5.41, 5.74) is 5.54. The van der Waals surface area contributed by atoms with Crippen LogP contribution < -0.4 is 14.8 Å². The molecule has 1 N–H and O–H groups in total. The molecule has 0 aliphatic rings. The van der Waals surface area contributed by atoms with Crippen LogP contribution in [-0.4, -0.2) is 19.1 Å². The highest BCUT2D eigenvalue weighted by molar-refractivity contribution is 5.81. The molecule has 0 bridgehead atoms. The van der Waals surface area contributed by atoms with E-state index in [1.165, 1.54) is 0 Å². The lowest BCUT2D eigenvalue weighted by Gasteiger charge is -2.23. The molecular weight excluding hydrogens is 350 g/mol. The number of hydrogen-bond acceptors (Lipinski definition) is 3. The Labute approximate surface area is 169 Å². The molecule has 1 amide bonds. The van der Waals surface area contributed by atoms with Crippen molar-refractivity contribution in [2.75, 3.05) is 7.11 Å². The van der Waals surface area contributed by atoms with Crippen LogP contribution in [0.4, 0.5) is 0 Å². The first-order valence-electron chi connectivity index (χ1n) is 9.87. The minimum Gasteiger partial charge on any atom is -0.496 e. The predicted octanol–water partition coefficient (Wildman–Crippen LogP) is 5.39. The van der Waals surface area contributed by atoms with Gasteiger partial charge in [0.05, 0.1) is 13.2 Å². The molecule has 0 aromatic heterocycles. The molecule has 0 radical (unpaired) electrons. The van der Waals surface area contributed by atoms with Gasteiger partial charge in [-0.15, -0.1) is 0 Å². The third kappa shape index (κ3) is 4.86. The number of rotatable bonds is 7. The molecule has 0 heterocycles. The van der Waals surface area contributed by atoms with E-state index in [9.17, 15) is 4.79 Å². The van der Waals surface area contributed by atoms with Gasteiger partial charge in [0.2, 0.25) is 0 Å². The summed E-state index contributed by atoms with van der Waals surface area (Å²) in [7, 11) is 1.69. The molecule has 0 spiro atoms. The average molecular weight is 384 g/mol. The Hall–Kier alpha value is -2.49. The van der Waals surface area contributed by atoms with Crippen molar-refractivity contribution in [2.24, 2.45) is 0 Å². The van der Waals surface area contributed by atoms with E-state index in [4.69, 9.17) is 9.47 Å². The number of hydrogen-bond donors (Lipinski definition) is 1. The van der Waals surface area contributed by atoms with Crippen molar-refractivity contribution < 1.29 is 14.3 Å². The Balaban J connectivity index is 2.15. The zero-order chi connectivity index (χ0) is 21.0. The Morgan fingerprint density at radius 1 is 0.929 bits per heavy atom. The van der Waals surface area contributed by atoms with Crippen molar-refractivity contribution in [2.45, 2.75) is 66.5 Å². The quantitative estimate of drug-likeness (QED) is 0.697. The van der Waals surface area contributed by atoms with E-state index in [1.807, 2.05) is 52.0 Å². The first kappa shape index (κ1) is 21.8. The normalized spacial score (nSPS) is 13.2. The second-order valence-electron chi connectivity index (χ2n) is 7.79. The molecule has 2 aromatic rings. The molecule has 2 atom stereocenters. The first-order valence-corrected chi connectivity index (χ1v) is 9.87. The molecule has 28 heavy (non-hydrogen) atoms. The summed E-state index contributed by atoms with van der Waals surface area (Å²) in [6, 6.07) is 9.94. The number of aryl methyl sites for hydroxylation is 2. The minimum atomic E-state index is -0.578. The van der Waals surface area contributed by atoms with Crippen molar-refractivity contribution in [3.63, 3.8) is 0 Å². The van der Waals surface area contributed by atoms with E-state index in [2.05, 4.69) is 25.2 Å². The fraction of sp³-hybridized carbons (Fsp3) is 0.458. The smallest absolute Gasteiger partial charge is 0.261 e. The third-order valence-electron chi connectivity index (χ3n) is 5.29. The average Bonchev–Trinajstić information content (AvgIpc) is 2.64. The van der Waals surface area contributed by atoms with E-state index in [1.54, 1.807) is 14.0 Å². The Morgan fingerprint density at radius 3 is 2.21 bits per heavy atom. The van der Waals surface area contributed by atoms with Gasteiger partial charge in [0.1, 0.15) is 11.5 Å². The molecular formula is C24H33NO3. The summed E-state index contributed by atoms with van der Waals surface area (Å²) >= 11 is 0. The Morgan fingerprint density at radius 2 is 1.61 bits per heavy atom. The number of carbonyl (C=O) groups excluding carboxylic acids is 1. The van der Waals surface area contributed by atoms with E-state index >= 15 is 0 Å². The maximum absolute atomic E-state index is 12.7. The number of amides is 1. The second kappa shape index (κ2) is 9.13. The molecule has 4 nitrogen and oxygen atoms in total. The fourth-order valence-electron chi connectivity index (χ4n) is 3.31. The van der Waals surface area contributed by atoms with Gasteiger partial charge in [0.15, 0.2) is 6.10 Å². The van der Waals surface area contributed by atoms with Crippen LogP contribution in [0.25, 0.3) is 0 Å². The summed E-state index contributed by atoms with van der Waals surface area (Å²) in [6.07, 6.45) is -0.578. The number of methoxy groups -OCH3 is 1. The summed E-state index contributed by atoms with van der Waals surface area (Å²) in [5.74, 6) is 1.85. The largest absolute Gasteiger partial charge is 0.496 e. The Bertz CT molecular complexity index is 842. The zero-order valence-corrected chi connectivity index (χ0v) is 18.3. The van der Waals surface area contributed by atoms with Gasteiger partial charge < -0.3 is 14.8 Å². The van der Waals surface area contributed by atoms with E-state index in [-0.39, 0.29) is 11.9 Å². The van der Waals surface area contributed by atoms with Crippen LogP contribution >= 0.6 is 0 Å². The van der Waals surface area contributed by atoms with Gasteiger partial charge in [0.25, 0.3) is 5.91 Å². The number of benzene rings is 2. The van der Waals surface area contributed by atoms with Crippen LogP contribution in [0.1, 0.15) is 67.5 Å². The number of carbonyl (C=O) groups is 1. The van der Waals surface area contributed by atoms with Crippen molar-refractivity contribution in [3.05, 3.63) is 58.1 Å². The van der Waals surface area contributed by atoms with Crippen LogP contribution in [0, 0.1) is 20.8 Å². The first-order chi connectivity index (χ1) is 13.1. The molecule has 0 aliphatic heterocycles. The predicted molar refractivity (Wildman–Crippen MR) is 114 cm³/mol. The summed E-state index contributed by atoms with van der Waals surface area (Å²) < 4.78 is 11.4. The van der Waals surface area contributed by atoms with E-state index < -0.39 is 6.10 Å². The van der Waals surface area contributed by atoms with E-state index in [0.29, 0.717) is 5.92 Å². The molecule has 152 valence electrons. The summed E-state index contributed by atoms with van der Waals surface area (Å²) in [5, 5.41) is 3.09. The van der Waals surface area contributed by atoms with Crippen molar-refractivity contribution >= 4 is 5.91 Å². The summed E-state index contributed by atoms with van der Waals surface area (Å²) in [4.78, 5) is 12.7. The highest BCUT2D eigenvalue weighted by Gasteiger charge is 2.21. The van der Waals surface area contributed by atoms with Crippen LogP contribution in [0.2, 0.25) is 0 Å².